The zero-order valence-corrected chi connectivity index (χ0v) is 14.4. The lowest BCUT2D eigenvalue weighted by molar-refractivity contribution is 0.670. The van der Waals surface area contributed by atoms with E-state index in [1.54, 1.807) is 11.3 Å². The highest BCUT2D eigenvalue weighted by Crippen LogP contribution is 2.45. The van der Waals surface area contributed by atoms with Gasteiger partial charge in [-0.25, -0.2) is 4.98 Å². The monoisotopic (exact) mass is 332 g/mol. The average Bonchev–Trinajstić information content (AvgIpc) is 3.03. The molecule has 21 heavy (non-hydrogen) atoms. The van der Waals surface area contributed by atoms with Crippen LogP contribution in [0.2, 0.25) is 0 Å². The second kappa shape index (κ2) is 5.30. The van der Waals surface area contributed by atoms with E-state index in [0.29, 0.717) is 11.3 Å². The van der Waals surface area contributed by atoms with Crippen LogP contribution in [0.1, 0.15) is 30.0 Å². The van der Waals surface area contributed by atoms with E-state index in [1.165, 1.54) is 26.6 Å². The second-order valence-corrected chi connectivity index (χ2v) is 9.30. The summed E-state index contributed by atoms with van der Waals surface area (Å²) in [6.45, 7) is 4.38. The number of hydrogen-bond donors (Lipinski definition) is 1. The predicted molar refractivity (Wildman–Crippen MR) is 95.0 cm³/mol. The van der Waals surface area contributed by atoms with Crippen LogP contribution in [-0.2, 0) is 0 Å². The molecule has 3 heterocycles. The van der Waals surface area contributed by atoms with Crippen molar-refractivity contribution >= 4 is 50.3 Å². The van der Waals surface area contributed by atoms with Gasteiger partial charge in [0.2, 0.25) is 0 Å². The summed E-state index contributed by atoms with van der Waals surface area (Å²) in [5.41, 5.74) is 3.77. The molecule has 1 unspecified atom stereocenters. The Balaban J connectivity index is 1.65. The Hall–Kier alpha value is -1.04. The van der Waals surface area contributed by atoms with Gasteiger partial charge in [0.15, 0.2) is 0 Å². The Morgan fingerprint density at radius 3 is 3.10 bits per heavy atom. The number of rotatable bonds is 2. The Morgan fingerprint density at radius 1 is 1.29 bits per heavy atom. The minimum Gasteiger partial charge on any atom is -0.378 e. The first kappa shape index (κ1) is 13.6. The third kappa shape index (κ3) is 2.58. The van der Waals surface area contributed by atoms with Gasteiger partial charge in [-0.05, 0) is 48.6 Å². The number of hydrogen-bond acceptors (Lipinski definition) is 5. The summed E-state index contributed by atoms with van der Waals surface area (Å²) in [5.74, 6) is 0. The molecule has 5 heteroatoms. The third-order valence-electron chi connectivity index (χ3n) is 3.75. The molecule has 3 aromatic rings. The largest absolute Gasteiger partial charge is 0.378 e. The molecule has 1 N–H and O–H groups in total. The first-order chi connectivity index (χ1) is 10.2. The highest BCUT2D eigenvalue weighted by Gasteiger charge is 2.26. The van der Waals surface area contributed by atoms with E-state index in [2.05, 4.69) is 53.8 Å². The van der Waals surface area contributed by atoms with Gasteiger partial charge >= 0.3 is 0 Å². The molecule has 2 aromatic heterocycles. The Morgan fingerprint density at radius 2 is 2.19 bits per heavy atom. The first-order valence-corrected chi connectivity index (χ1v) is 9.64. The fraction of sp³-hybridized carbons (Fsp3) is 0.312. The van der Waals surface area contributed by atoms with Gasteiger partial charge in [0, 0.05) is 10.9 Å². The molecule has 0 saturated heterocycles. The second-order valence-electron chi connectivity index (χ2n) is 5.44. The number of anilines is 1. The number of benzene rings is 1. The number of thiophene rings is 1. The topological polar surface area (TPSA) is 24.9 Å². The van der Waals surface area contributed by atoms with Gasteiger partial charge in [-0.2, -0.15) is 0 Å². The van der Waals surface area contributed by atoms with E-state index in [0.717, 1.165) is 10.5 Å². The molecule has 2 atom stereocenters. The van der Waals surface area contributed by atoms with Gasteiger partial charge in [-0.1, -0.05) is 6.92 Å². The summed E-state index contributed by atoms with van der Waals surface area (Å²) >= 11 is 5.64. The highest BCUT2D eigenvalue weighted by molar-refractivity contribution is 8.01. The molecule has 4 rings (SSSR count). The summed E-state index contributed by atoms with van der Waals surface area (Å²) in [6.07, 6.45) is 1.17. The number of fused-ring (bicyclic) bond motifs is 2. The quantitative estimate of drug-likeness (QED) is 0.651. The lowest BCUT2D eigenvalue weighted by Crippen LogP contribution is -2.18. The van der Waals surface area contributed by atoms with Crippen molar-refractivity contribution in [2.24, 2.45) is 0 Å². The van der Waals surface area contributed by atoms with Crippen LogP contribution in [-0.4, -0.2) is 10.2 Å². The zero-order valence-electron chi connectivity index (χ0n) is 11.9. The van der Waals surface area contributed by atoms with Crippen LogP contribution >= 0.6 is 34.4 Å². The minimum absolute atomic E-state index is 0.425. The van der Waals surface area contributed by atoms with Crippen LogP contribution < -0.4 is 5.32 Å². The van der Waals surface area contributed by atoms with Gasteiger partial charge in [-0.15, -0.1) is 34.4 Å². The lowest BCUT2D eigenvalue weighted by atomic mass is 10.0. The van der Waals surface area contributed by atoms with E-state index >= 15 is 0 Å². The van der Waals surface area contributed by atoms with E-state index in [9.17, 15) is 0 Å². The summed E-state index contributed by atoms with van der Waals surface area (Å²) in [6, 6.07) is 9.20. The molecule has 1 aliphatic heterocycles. The summed E-state index contributed by atoms with van der Waals surface area (Å²) in [5, 5.41) is 7.73. The molecule has 108 valence electrons. The Kier molecular flexibility index (Phi) is 3.44. The maximum atomic E-state index is 4.53. The van der Waals surface area contributed by atoms with Crippen molar-refractivity contribution in [2.75, 3.05) is 5.32 Å². The van der Waals surface area contributed by atoms with Gasteiger partial charge in [0.25, 0.3) is 0 Å². The number of aryl methyl sites for hydroxylation is 1. The van der Waals surface area contributed by atoms with Gasteiger partial charge in [0.05, 0.1) is 25.5 Å². The molecule has 0 aliphatic carbocycles. The average molecular weight is 333 g/mol. The number of aromatic nitrogens is 1. The zero-order chi connectivity index (χ0) is 14.4. The van der Waals surface area contributed by atoms with Crippen molar-refractivity contribution in [3.05, 3.63) is 40.2 Å². The highest BCUT2D eigenvalue weighted by atomic mass is 32.2. The molecular weight excluding hydrogens is 316 g/mol. The lowest BCUT2D eigenvalue weighted by Gasteiger charge is -2.28. The fourth-order valence-electron chi connectivity index (χ4n) is 2.82. The fourth-order valence-corrected chi connectivity index (χ4v) is 6.25. The molecule has 0 bridgehead atoms. The predicted octanol–water partition coefficient (Wildman–Crippen LogP) is 5.70. The van der Waals surface area contributed by atoms with E-state index in [-0.39, 0.29) is 0 Å². The van der Waals surface area contributed by atoms with E-state index in [4.69, 9.17) is 0 Å². The van der Waals surface area contributed by atoms with Crippen molar-refractivity contribution in [3.8, 4) is 0 Å². The molecule has 0 radical (unpaired) electrons. The molecule has 0 spiro atoms. The van der Waals surface area contributed by atoms with Crippen molar-refractivity contribution in [2.45, 2.75) is 35.8 Å². The van der Waals surface area contributed by atoms with Crippen LogP contribution in [0.15, 0.2) is 33.9 Å². The van der Waals surface area contributed by atoms with Crippen molar-refractivity contribution in [3.63, 3.8) is 0 Å². The first-order valence-electron chi connectivity index (χ1n) is 7.07. The van der Waals surface area contributed by atoms with Crippen LogP contribution in [0.3, 0.4) is 0 Å². The molecule has 0 fully saturated rings. The van der Waals surface area contributed by atoms with Crippen LogP contribution in [0, 0.1) is 6.92 Å². The van der Waals surface area contributed by atoms with Crippen LogP contribution in [0.4, 0.5) is 5.69 Å². The standard InChI is InChI=1S/C16H16N2S3/c1-9-7-14(12-5-6-19-16(12)20-9)18-11-3-4-13-15(8-11)21-10(2)17-13/h3-6,8-9,14,18H,7H2,1-2H3/t9-,14?/m0/s1. The number of nitrogens with one attached hydrogen (secondary N) is 1. The number of thioether (sulfide) groups is 1. The normalized spacial score (nSPS) is 21.4. The third-order valence-corrected chi connectivity index (χ3v) is 7.02. The molecule has 0 amide bonds. The SMILES string of the molecule is Cc1nc2ccc(NC3C[C@H](C)Sc4sccc43)cc2s1. The maximum absolute atomic E-state index is 4.53. The van der Waals surface area contributed by atoms with E-state index in [1.807, 2.05) is 23.1 Å². The Labute approximate surface area is 136 Å². The maximum Gasteiger partial charge on any atom is 0.0907 e. The summed E-state index contributed by atoms with van der Waals surface area (Å²) in [4.78, 5) is 4.53. The summed E-state index contributed by atoms with van der Waals surface area (Å²) in [7, 11) is 0. The van der Waals surface area contributed by atoms with Gasteiger partial charge < -0.3 is 5.32 Å². The van der Waals surface area contributed by atoms with Crippen molar-refractivity contribution in [1.29, 1.82) is 0 Å². The molecule has 0 saturated carbocycles. The smallest absolute Gasteiger partial charge is 0.0907 e. The molecule has 2 nitrogen and oxygen atoms in total. The number of thiazole rings is 1. The van der Waals surface area contributed by atoms with E-state index < -0.39 is 0 Å². The van der Waals surface area contributed by atoms with Crippen molar-refractivity contribution in [1.82, 2.24) is 4.98 Å². The van der Waals surface area contributed by atoms with Crippen molar-refractivity contribution < 1.29 is 0 Å². The molecule has 1 aliphatic rings. The Bertz CT molecular complexity index is 790. The van der Waals surface area contributed by atoms with Crippen LogP contribution in [0.25, 0.3) is 10.2 Å². The van der Waals surface area contributed by atoms with Gasteiger partial charge in [-0.3, -0.25) is 0 Å². The summed E-state index contributed by atoms with van der Waals surface area (Å²) < 4.78 is 2.74. The molecular formula is C16H16N2S3. The minimum atomic E-state index is 0.425. The van der Waals surface area contributed by atoms with Crippen LogP contribution in [0.5, 0.6) is 0 Å². The van der Waals surface area contributed by atoms with Gasteiger partial charge in [0.1, 0.15) is 0 Å². The number of nitrogens with zero attached hydrogens (tertiary/aromatic N) is 1. The molecule has 1 aromatic carbocycles.